The highest BCUT2D eigenvalue weighted by Gasteiger charge is 2.24. The van der Waals surface area contributed by atoms with Gasteiger partial charge in [-0.05, 0) is 24.7 Å². The SMILES string of the molecule is CN=C(NCCCCC(C)(C)C)N1CCC(COCCOC)C1.I. The van der Waals surface area contributed by atoms with Crippen molar-refractivity contribution in [1.29, 1.82) is 0 Å². The Morgan fingerprint density at radius 2 is 2.00 bits per heavy atom. The predicted molar refractivity (Wildman–Crippen MR) is 112 cm³/mol. The lowest BCUT2D eigenvalue weighted by molar-refractivity contribution is 0.0536. The van der Waals surface area contributed by atoms with Crippen LogP contribution in [0.15, 0.2) is 4.99 Å². The van der Waals surface area contributed by atoms with Crippen LogP contribution in [0.25, 0.3) is 0 Å². The summed E-state index contributed by atoms with van der Waals surface area (Å²) in [7, 11) is 3.58. The van der Waals surface area contributed by atoms with E-state index in [0.717, 1.165) is 32.2 Å². The second-order valence-corrected chi connectivity index (χ2v) is 7.66. The van der Waals surface area contributed by atoms with Crippen LogP contribution in [-0.2, 0) is 9.47 Å². The molecular weight excluding hydrogens is 417 g/mol. The average molecular weight is 455 g/mol. The molecule has 1 N–H and O–H groups in total. The summed E-state index contributed by atoms with van der Waals surface area (Å²) >= 11 is 0. The van der Waals surface area contributed by atoms with Crippen molar-refractivity contribution in [3.05, 3.63) is 0 Å². The van der Waals surface area contributed by atoms with Crippen LogP contribution in [0.3, 0.4) is 0 Å². The van der Waals surface area contributed by atoms with Crippen LogP contribution in [0.2, 0.25) is 0 Å². The van der Waals surface area contributed by atoms with E-state index in [-0.39, 0.29) is 24.0 Å². The minimum absolute atomic E-state index is 0. The van der Waals surface area contributed by atoms with Crippen molar-refractivity contribution < 1.29 is 9.47 Å². The Bertz CT molecular complexity index is 346. The van der Waals surface area contributed by atoms with E-state index in [4.69, 9.17) is 9.47 Å². The highest BCUT2D eigenvalue weighted by molar-refractivity contribution is 14.0. The number of likely N-dealkylation sites (tertiary alicyclic amines) is 1. The van der Waals surface area contributed by atoms with Crippen LogP contribution in [0, 0.1) is 11.3 Å². The molecule has 24 heavy (non-hydrogen) atoms. The Labute approximate surface area is 166 Å². The molecule has 1 aliphatic rings. The van der Waals surface area contributed by atoms with Crippen LogP contribution in [0.5, 0.6) is 0 Å². The lowest BCUT2D eigenvalue weighted by Gasteiger charge is -2.22. The summed E-state index contributed by atoms with van der Waals surface area (Å²) < 4.78 is 10.7. The van der Waals surface area contributed by atoms with Gasteiger partial charge in [-0.15, -0.1) is 24.0 Å². The molecule has 1 atom stereocenters. The molecule has 0 bridgehead atoms. The number of nitrogens with zero attached hydrogens (tertiary/aromatic N) is 2. The lowest BCUT2D eigenvalue weighted by Crippen LogP contribution is -2.40. The summed E-state index contributed by atoms with van der Waals surface area (Å²) in [5, 5.41) is 3.51. The molecule has 5 nitrogen and oxygen atoms in total. The summed E-state index contributed by atoms with van der Waals surface area (Å²) in [6, 6.07) is 0. The van der Waals surface area contributed by atoms with Crippen molar-refractivity contribution in [3.63, 3.8) is 0 Å². The van der Waals surface area contributed by atoms with Gasteiger partial charge >= 0.3 is 0 Å². The van der Waals surface area contributed by atoms with Gasteiger partial charge in [0.05, 0.1) is 19.8 Å². The largest absolute Gasteiger partial charge is 0.382 e. The number of guanidine groups is 1. The van der Waals surface area contributed by atoms with Gasteiger partial charge in [0.15, 0.2) is 5.96 Å². The van der Waals surface area contributed by atoms with Gasteiger partial charge in [0, 0.05) is 39.7 Å². The fraction of sp³-hybridized carbons (Fsp3) is 0.944. The summed E-state index contributed by atoms with van der Waals surface area (Å²) in [6.07, 6.45) is 4.92. The van der Waals surface area contributed by atoms with Crippen LogP contribution >= 0.6 is 24.0 Å². The molecule has 0 saturated carbocycles. The number of aliphatic imine (C=N–C) groups is 1. The Morgan fingerprint density at radius 3 is 2.62 bits per heavy atom. The van der Waals surface area contributed by atoms with Crippen molar-refractivity contribution in [3.8, 4) is 0 Å². The average Bonchev–Trinajstić information content (AvgIpc) is 2.95. The zero-order valence-corrected chi connectivity index (χ0v) is 18.6. The molecule has 6 heteroatoms. The number of unbranched alkanes of at least 4 members (excludes halogenated alkanes) is 1. The molecule has 0 radical (unpaired) electrons. The number of methoxy groups -OCH3 is 1. The van der Waals surface area contributed by atoms with Crippen molar-refractivity contribution in [2.45, 2.75) is 46.5 Å². The molecule has 0 aromatic rings. The van der Waals surface area contributed by atoms with E-state index >= 15 is 0 Å². The van der Waals surface area contributed by atoms with E-state index in [1.165, 1.54) is 25.7 Å². The van der Waals surface area contributed by atoms with E-state index in [0.29, 0.717) is 24.5 Å². The Hall–Kier alpha value is -0.0800. The quantitative estimate of drug-likeness (QED) is 0.251. The van der Waals surface area contributed by atoms with Crippen LogP contribution in [0.4, 0.5) is 0 Å². The van der Waals surface area contributed by atoms with E-state index in [2.05, 4.69) is 36.0 Å². The second kappa shape index (κ2) is 13.2. The van der Waals surface area contributed by atoms with Gasteiger partial charge in [-0.2, -0.15) is 0 Å². The molecule has 1 rings (SSSR count). The van der Waals surface area contributed by atoms with Crippen molar-refractivity contribution >= 4 is 29.9 Å². The maximum atomic E-state index is 5.65. The first-order valence-electron chi connectivity index (χ1n) is 8.98. The van der Waals surface area contributed by atoms with Crippen LogP contribution in [-0.4, -0.2) is 64.5 Å². The topological polar surface area (TPSA) is 46.1 Å². The van der Waals surface area contributed by atoms with Gasteiger partial charge < -0.3 is 19.7 Å². The van der Waals surface area contributed by atoms with E-state index in [1.54, 1.807) is 7.11 Å². The Balaban J connectivity index is 0.00000529. The Morgan fingerprint density at radius 1 is 1.25 bits per heavy atom. The summed E-state index contributed by atoms with van der Waals surface area (Å²) in [6.45, 7) is 12.2. The molecular formula is C18H38IN3O2. The molecule has 0 aromatic heterocycles. The molecule has 144 valence electrons. The van der Waals surface area contributed by atoms with Crippen molar-refractivity contribution in [2.24, 2.45) is 16.3 Å². The first-order chi connectivity index (χ1) is 11.0. The smallest absolute Gasteiger partial charge is 0.193 e. The van der Waals surface area contributed by atoms with Gasteiger partial charge in [-0.25, -0.2) is 0 Å². The van der Waals surface area contributed by atoms with Crippen molar-refractivity contribution in [2.75, 3.05) is 53.6 Å². The molecule has 1 fully saturated rings. The lowest BCUT2D eigenvalue weighted by atomic mass is 9.90. The van der Waals surface area contributed by atoms with Gasteiger partial charge in [-0.1, -0.05) is 27.2 Å². The molecule has 0 spiro atoms. The molecule has 0 amide bonds. The first kappa shape index (κ1) is 23.9. The molecule has 1 saturated heterocycles. The molecule has 1 heterocycles. The van der Waals surface area contributed by atoms with E-state index in [9.17, 15) is 0 Å². The van der Waals surface area contributed by atoms with E-state index in [1.807, 2.05) is 7.05 Å². The Kier molecular flexibility index (Phi) is 13.1. The fourth-order valence-corrected chi connectivity index (χ4v) is 2.87. The zero-order chi connectivity index (χ0) is 17.1. The number of hydrogen-bond donors (Lipinski definition) is 1. The first-order valence-corrected chi connectivity index (χ1v) is 8.98. The number of nitrogens with one attached hydrogen (secondary N) is 1. The predicted octanol–water partition coefficient (Wildman–Crippen LogP) is 3.38. The third kappa shape index (κ3) is 10.7. The fourth-order valence-electron chi connectivity index (χ4n) is 2.87. The van der Waals surface area contributed by atoms with E-state index < -0.39 is 0 Å². The van der Waals surface area contributed by atoms with Gasteiger partial charge in [-0.3, -0.25) is 4.99 Å². The van der Waals surface area contributed by atoms with Gasteiger partial charge in [0.1, 0.15) is 0 Å². The molecule has 0 aromatic carbocycles. The van der Waals surface area contributed by atoms with Crippen LogP contribution in [0.1, 0.15) is 46.5 Å². The van der Waals surface area contributed by atoms with Crippen LogP contribution < -0.4 is 5.32 Å². The summed E-state index contributed by atoms with van der Waals surface area (Å²) in [5.41, 5.74) is 0.437. The zero-order valence-electron chi connectivity index (χ0n) is 16.3. The van der Waals surface area contributed by atoms with Crippen molar-refractivity contribution in [1.82, 2.24) is 10.2 Å². The minimum Gasteiger partial charge on any atom is -0.382 e. The monoisotopic (exact) mass is 455 g/mol. The highest BCUT2D eigenvalue weighted by Crippen LogP contribution is 2.21. The second-order valence-electron chi connectivity index (χ2n) is 7.66. The number of rotatable bonds is 9. The molecule has 1 unspecified atom stereocenters. The number of ether oxygens (including phenoxy) is 2. The molecule has 1 aliphatic heterocycles. The highest BCUT2D eigenvalue weighted by atomic mass is 127. The normalized spacial score (nSPS) is 18.6. The standard InChI is InChI=1S/C18H37N3O2.HI/c1-18(2,3)9-6-7-10-20-17(19-4)21-11-8-16(14-21)15-23-13-12-22-5;/h16H,6-15H2,1-5H3,(H,19,20);1H. The number of halogens is 1. The van der Waals surface area contributed by atoms with Gasteiger partial charge in [0.25, 0.3) is 0 Å². The third-order valence-electron chi connectivity index (χ3n) is 4.22. The third-order valence-corrected chi connectivity index (χ3v) is 4.22. The summed E-state index contributed by atoms with van der Waals surface area (Å²) in [5.74, 6) is 1.64. The van der Waals surface area contributed by atoms with Gasteiger partial charge in [0.2, 0.25) is 0 Å². The summed E-state index contributed by atoms with van der Waals surface area (Å²) in [4.78, 5) is 6.79. The maximum absolute atomic E-state index is 5.65. The maximum Gasteiger partial charge on any atom is 0.193 e. The number of hydrogen-bond acceptors (Lipinski definition) is 3. The minimum atomic E-state index is 0. The molecule has 0 aliphatic carbocycles.